The molecule has 0 spiro atoms. The molecule has 1 aromatic carbocycles. The van der Waals surface area contributed by atoms with Gasteiger partial charge in [-0.15, -0.1) is 0 Å². The van der Waals surface area contributed by atoms with Gasteiger partial charge in [0.05, 0.1) is 20.3 Å². The lowest BCUT2D eigenvalue weighted by atomic mass is 10.2. The second-order valence-corrected chi connectivity index (χ2v) is 6.64. The topological polar surface area (TPSA) is 47.0 Å². The first-order valence-electron chi connectivity index (χ1n) is 3.87. The molecule has 0 amide bonds. The van der Waals surface area contributed by atoms with Crippen LogP contribution in [0.2, 0.25) is 0 Å². The van der Waals surface area contributed by atoms with Crippen LogP contribution in [-0.4, -0.2) is 13.4 Å². The molecule has 0 fully saturated rings. The van der Waals surface area contributed by atoms with Crippen LogP contribution in [0.1, 0.15) is 0 Å². The van der Waals surface area contributed by atoms with E-state index in [-0.39, 0.29) is 4.90 Å². The molecule has 3 nitrogen and oxygen atoms in total. The van der Waals surface area contributed by atoms with E-state index in [1.807, 2.05) is 12.1 Å². The van der Waals surface area contributed by atoms with Crippen LogP contribution < -0.4 is 0 Å². The lowest BCUT2D eigenvalue weighted by Gasteiger charge is -2.00. The van der Waals surface area contributed by atoms with Gasteiger partial charge in [-0.05, 0) is 12.1 Å². The van der Waals surface area contributed by atoms with Crippen LogP contribution in [0.3, 0.4) is 0 Å². The Morgan fingerprint density at radius 3 is 2.57 bits per heavy atom. The van der Waals surface area contributed by atoms with Crippen molar-refractivity contribution in [3.05, 3.63) is 36.5 Å². The van der Waals surface area contributed by atoms with E-state index in [2.05, 4.69) is 19.8 Å². The van der Waals surface area contributed by atoms with Crippen LogP contribution >= 0.6 is 14.8 Å². The van der Waals surface area contributed by atoms with Crippen LogP contribution in [0, 0.1) is 0 Å². The molecule has 5 heteroatoms. The summed E-state index contributed by atoms with van der Waals surface area (Å²) in [5.74, 6) is 0. The van der Waals surface area contributed by atoms with Gasteiger partial charge in [-0.2, -0.15) is 0 Å². The van der Waals surface area contributed by atoms with Crippen LogP contribution in [0.15, 0.2) is 41.4 Å². The molecule has 2 aromatic rings. The number of fused-ring (bicyclic) bond motifs is 1. The van der Waals surface area contributed by atoms with Crippen LogP contribution in [0.4, 0.5) is 0 Å². The highest BCUT2D eigenvalue weighted by molar-refractivity contribution is 9.47. The summed E-state index contributed by atoms with van der Waals surface area (Å²) in [6, 6.07) is 8.64. The van der Waals surface area contributed by atoms with Gasteiger partial charge in [-0.25, -0.2) is 8.42 Å². The summed E-state index contributed by atoms with van der Waals surface area (Å²) in [5, 5.41) is 0.813. The van der Waals surface area contributed by atoms with Crippen molar-refractivity contribution in [2.75, 3.05) is 0 Å². The molecule has 1 aromatic heterocycles. The average Bonchev–Trinajstić information content (AvgIpc) is 2.15. The number of nitrogens with zero attached hydrogens (tertiary/aromatic N) is 1. The zero-order valence-corrected chi connectivity index (χ0v) is 9.42. The minimum absolute atomic E-state index is 0.204. The summed E-state index contributed by atoms with van der Waals surface area (Å²) in [6.07, 6.45) is 1.57. The largest absolute Gasteiger partial charge is 0.255 e. The monoisotopic (exact) mass is 271 g/mol. The molecule has 72 valence electrons. The summed E-state index contributed by atoms with van der Waals surface area (Å²) in [4.78, 5) is 4.24. The highest BCUT2D eigenvalue weighted by Crippen LogP contribution is 2.24. The number of aromatic nitrogens is 1. The standard InChI is InChI=1S/C9H6BrNO2S/c10-14(12,13)8-5-1-3-7-4-2-6-11-9(7)8/h1-6H. The lowest BCUT2D eigenvalue weighted by Crippen LogP contribution is -1.92. The van der Waals surface area contributed by atoms with Crippen LogP contribution in [0.25, 0.3) is 10.9 Å². The zero-order chi connectivity index (χ0) is 10.2. The molecule has 0 bridgehead atoms. The van der Waals surface area contributed by atoms with Crippen LogP contribution in [-0.2, 0) is 8.27 Å². The fraction of sp³-hybridized carbons (Fsp3) is 0. The number of hydrogen-bond acceptors (Lipinski definition) is 3. The third-order valence-corrected chi connectivity index (χ3v) is 3.76. The van der Waals surface area contributed by atoms with Gasteiger partial charge in [0, 0.05) is 11.6 Å². The molecule has 0 unspecified atom stereocenters. The molecule has 0 radical (unpaired) electrons. The molecule has 1 heterocycles. The summed E-state index contributed by atoms with van der Waals surface area (Å²) in [6.45, 7) is 0. The normalized spacial score (nSPS) is 11.8. The van der Waals surface area contributed by atoms with Crippen LogP contribution in [0.5, 0.6) is 0 Å². The molecule has 0 aliphatic heterocycles. The molecule has 0 N–H and O–H groups in total. The number of benzene rings is 1. The predicted octanol–water partition coefficient (Wildman–Crippen LogP) is 2.32. The summed E-state index contributed by atoms with van der Waals surface area (Å²) in [5.41, 5.74) is 0.492. The lowest BCUT2D eigenvalue weighted by molar-refractivity contribution is 0.612. The Balaban J connectivity index is 2.92. The smallest absolute Gasteiger partial charge is 0.239 e. The van der Waals surface area contributed by atoms with Gasteiger partial charge in [0.1, 0.15) is 4.90 Å². The first kappa shape index (κ1) is 9.61. The quantitative estimate of drug-likeness (QED) is 0.748. The first-order chi connectivity index (χ1) is 6.59. The Hall–Kier alpha value is -0.940. The molecule has 0 aliphatic carbocycles. The van der Waals surface area contributed by atoms with Crippen molar-refractivity contribution in [3.63, 3.8) is 0 Å². The number of hydrogen-bond donors (Lipinski definition) is 0. The van der Waals surface area contributed by atoms with Crippen molar-refractivity contribution >= 4 is 34.0 Å². The third kappa shape index (κ3) is 1.65. The number of halogens is 1. The fourth-order valence-electron chi connectivity index (χ4n) is 1.27. The second kappa shape index (κ2) is 3.33. The Morgan fingerprint density at radius 1 is 1.14 bits per heavy atom. The second-order valence-electron chi connectivity index (χ2n) is 2.77. The highest BCUT2D eigenvalue weighted by Gasteiger charge is 2.13. The van der Waals surface area contributed by atoms with Gasteiger partial charge in [0.25, 0.3) is 0 Å². The van der Waals surface area contributed by atoms with Gasteiger partial charge >= 0.3 is 0 Å². The van der Waals surface area contributed by atoms with Crippen molar-refractivity contribution in [1.29, 1.82) is 0 Å². The molecule has 14 heavy (non-hydrogen) atoms. The average molecular weight is 272 g/mol. The summed E-state index contributed by atoms with van der Waals surface area (Å²) in [7, 11) is -3.38. The van der Waals surface area contributed by atoms with E-state index in [0.717, 1.165) is 5.39 Å². The Labute approximate surface area is 88.9 Å². The van der Waals surface area contributed by atoms with Crippen molar-refractivity contribution in [3.8, 4) is 0 Å². The van der Waals surface area contributed by atoms with E-state index in [9.17, 15) is 8.42 Å². The van der Waals surface area contributed by atoms with E-state index in [0.29, 0.717) is 5.52 Å². The fourth-order valence-corrected chi connectivity index (χ4v) is 2.70. The molecule has 0 atom stereocenters. The van der Waals surface area contributed by atoms with Crippen molar-refractivity contribution < 1.29 is 8.42 Å². The Bertz CT molecular complexity index is 575. The maximum absolute atomic E-state index is 11.3. The van der Waals surface area contributed by atoms with Gasteiger partial charge < -0.3 is 0 Å². The van der Waals surface area contributed by atoms with E-state index < -0.39 is 8.27 Å². The van der Waals surface area contributed by atoms with Crippen molar-refractivity contribution in [2.45, 2.75) is 4.90 Å². The molecule has 0 saturated heterocycles. The van der Waals surface area contributed by atoms with Gasteiger partial charge in [-0.3, -0.25) is 4.98 Å². The van der Waals surface area contributed by atoms with Gasteiger partial charge in [0.2, 0.25) is 8.27 Å². The highest BCUT2D eigenvalue weighted by atomic mass is 79.9. The molecule has 0 saturated carbocycles. The minimum atomic E-state index is -3.38. The minimum Gasteiger partial charge on any atom is -0.255 e. The third-order valence-electron chi connectivity index (χ3n) is 1.86. The summed E-state index contributed by atoms with van der Waals surface area (Å²) < 4.78 is 22.6. The van der Waals surface area contributed by atoms with Gasteiger partial charge in [0.15, 0.2) is 0 Å². The van der Waals surface area contributed by atoms with E-state index in [4.69, 9.17) is 0 Å². The first-order valence-corrected chi connectivity index (χ1v) is 7.20. The number of para-hydroxylation sites is 1. The molecule has 0 aliphatic rings. The number of pyridine rings is 1. The van der Waals surface area contributed by atoms with Gasteiger partial charge in [-0.1, -0.05) is 18.2 Å². The molecular weight excluding hydrogens is 266 g/mol. The maximum Gasteiger partial charge on any atom is 0.239 e. The SMILES string of the molecule is O=S(=O)(Br)c1cccc2cccnc12. The Morgan fingerprint density at radius 2 is 1.86 bits per heavy atom. The van der Waals surface area contributed by atoms with E-state index >= 15 is 0 Å². The molecular formula is C9H6BrNO2S. The zero-order valence-electron chi connectivity index (χ0n) is 7.01. The predicted molar refractivity (Wildman–Crippen MR) is 57.9 cm³/mol. The number of rotatable bonds is 1. The van der Waals surface area contributed by atoms with Crippen molar-refractivity contribution in [2.24, 2.45) is 0 Å². The summed E-state index contributed by atoms with van der Waals surface area (Å²) >= 11 is 2.64. The van der Waals surface area contributed by atoms with Crippen molar-refractivity contribution in [1.82, 2.24) is 4.98 Å². The maximum atomic E-state index is 11.3. The molecule has 2 rings (SSSR count). The van der Waals surface area contributed by atoms with E-state index in [1.54, 1.807) is 18.3 Å². The Kier molecular flexibility index (Phi) is 2.28. The van der Waals surface area contributed by atoms with E-state index in [1.165, 1.54) is 6.07 Å².